The minimum absolute atomic E-state index is 0.201. The standard InChI is InChI=1S/C14H11N2O2P/c17-11-6-7-19(8-10-4-2-1-3-5-10)14-12(11)13(18)15-9-16-14/h1-7,9H,8H2,(H,15,16,18). The van der Waals surface area contributed by atoms with Crippen LogP contribution in [0.1, 0.15) is 5.56 Å². The molecule has 0 spiro atoms. The summed E-state index contributed by atoms with van der Waals surface area (Å²) in [6, 6.07) is 11.5. The number of nitrogens with zero attached hydrogens (tertiary/aromatic N) is 1. The van der Waals surface area contributed by atoms with Crippen LogP contribution in [0.25, 0.3) is 10.6 Å². The summed E-state index contributed by atoms with van der Waals surface area (Å²) in [7, 11) is -0.739. The molecular formula is C14H11N2O2P. The third-order valence-corrected chi connectivity index (χ3v) is 5.05. The van der Waals surface area contributed by atoms with Crippen molar-refractivity contribution in [3.63, 3.8) is 0 Å². The number of nitrogens with one attached hydrogen (secondary N) is 1. The molecule has 0 aliphatic carbocycles. The van der Waals surface area contributed by atoms with Crippen LogP contribution in [0, 0.1) is 0 Å². The lowest BCUT2D eigenvalue weighted by molar-refractivity contribution is 1.17. The zero-order valence-electron chi connectivity index (χ0n) is 10.0. The number of hydrogen-bond donors (Lipinski definition) is 1. The number of hydrogen-bond acceptors (Lipinski definition) is 3. The smallest absolute Gasteiger partial charge is 0.262 e. The summed E-state index contributed by atoms with van der Waals surface area (Å²) >= 11 is 0. The van der Waals surface area contributed by atoms with Gasteiger partial charge >= 0.3 is 0 Å². The molecule has 0 saturated carbocycles. The molecule has 5 heteroatoms. The Hall–Kier alpha value is -2.19. The molecule has 0 bridgehead atoms. The Labute approximate surface area is 109 Å². The summed E-state index contributed by atoms with van der Waals surface area (Å²) < 4.78 is 0. The molecule has 0 aliphatic rings. The summed E-state index contributed by atoms with van der Waals surface area (Å²) in [5, 5.41) is 0.835. The first kappa shape index (κ1) is 11.9. The van der Waals surface area contributed by atoms with E-state index < -0.39 is 7.53 Å². The van der Waals surface area contributed by atoms with Crippen LogP contribution in [0.3, 0.4) is 0 Å². The van der Waals surface area contributed by atoms with E-state index in [9.17, 15) is 9.59 Å². The van der Waals surface area contributed by atoms with Crippen LogP contribution in [-0.2, 0) is 6.16 Å². The fraction of sp³-hybridized carbons (Fsp3) is 0.0714. The molecule has 1 unspecified atom stereocenters. The Kier molecular flexibility index (Phi) is 3.02. The van der Waals surface area contributed by atoms with E-state index in [4.69, 9.17) is 0 Å². The van der Waals surface area contributed by atoms with Crippen LogP contribution in [0.2, 0.25) is 0 Å². The van der Waals surface area contributed by atoms with Gasteiger partial charge in [-0.25, -0.2) is 4.98 Å². The fourth-order valence-electron chi connectivity index (χ4n) is 2.05. The molecule has 4 nitrogen and oxygen atoms in total. The predicted octanol–water partition coefficient (Wildman–Crippen LogP) is 2.32. The molecule has 0 saturated heterocycles. The van der Waals surface area contributed by atoms with Crippen LogP contribution in [0.4, 0.5) is 0 Å². The van der Waals surface area contributed by atoms with Gasteiger partial charge < -0.3 is 4.98 Å². The Morgan fingerprint density at radius 1 is 1.11 bits per heavy atom. The van der Waals surface area contributed by atoms with Gasteiger partial charge in [-0.15, -0.1) is 0 Å². The Morgan fingerprint density at radius 2 is 1.89 bits per heavy atom. The third-order valence-electron chi connectivity index (χ3n) is 2.95. The zero-order chi connectivity index (χ0) is 13.2. The van der Waals surface area contributed by atoms with E-state index in [1.54, 1.807) is 0 Å². The van der Waals surface area contributed by atoms with Gasteiger partial charge in [0.1, 0.15) is 10.6 Å². The Balaban J connectivity index is 2.21. The van der Waals surface area contributed by atoms with Crippen molar-refractivity contribution >= 4 is 18.2 Å². The molecular weight excluding hydrogens is 259 g/mol. The van der Waals surface area contributed by atoms with Gasteiger partial charge in [-0.1, -0.05) is 37.9 Å². The topological polar surface area (TPSA) is 62.8 Å². The van der Waals surface area contributed by atoms with E-state index in [1.807, 2.05) is 36.1 Å². The second kappa shape index (κ2) is 4.82. The Morgan fingerprint density at radius 3 is 2.68 bits per heavy atom. The average Bonchev–Trinajstić information content (AvgIpc) is 2.43. The fourth-order valence-corrected chi connectivity index (χ4v) is 4.07. The van der Waals surface area contributed by atoms with E-state index in [0.29, 0.717) is 5.25 Å². The van der Waals surface area contributed by atoms with Crippen molar-refractivity contribution in [3.05, 3.63) is 74.7 Å². The van der Waals surface area contributed by atoms with Gasteiger partial charge in [0.05, 0.1) is 6.33 Å². The minimum atomic E-state index is -0.739. The van der Waals surface area contributed by atoms with Crippen molar-refractivity contribution in [1.82, 2.24) is 9.97 Å². The first-order valence-electron chi connectivity index (χ1n) is 5.86. The predicted molar refractivity (Wildman–Crippen MR) is 76.9 cm³/mol. The third kappa shape index (κ3) is 2.23. The quantitative estimate of drug-likeness (QED) is 0.777. The summed E-state index contributed by atoms with van der Waals surface area (Å²) in [6.45, 7) is 0. The van der Waals surface area contributed by atoms with Crippen LogP contribution in [-0.4, -0.2) is 9.97 Å². The Bertz CT molecular complexity index is 824. The maximum Gasteiger partial charge on any atom is 0.262 e. The first-order chi connectivity index (χ1) is 9.25. The summed E-state index contributed by atoms with van der Waals surface area (Å²) in [5.74, 6) is 1.89. The number of benzene rings is 1. The lowest BCUT2D eigenvalue weighted by Crippen LogP contribution is -2.15. The monoisotopic (exact) mass is 270 g/mol. The van der Waals surface area contributed by atoms with Gasteiger partial charge in [0.2, 0.25) is 0 Å². The summed E-state index contributed by atoms with van der Waals surface area (Å²) in [6.07, 6.45) is 2.16. The van der Waals surface area contributed by atoms with E-state index in [0.717, 1.165) is 6.16 Å². The molecule has 19 heavy (non-hydrogen) atoms. The van der Waals surface area contributed by atoms with Crippen molar-refractivity contribution < 1.29 is 0 Å². The highest BCUT2D eigenvalue weighted by atomic mass is 31.1. The molecule has 2 aromatic heterocycles. The maximum absolute atomic E-state index is 11.8. The normalized spacial score (nSPS) is 11.7. The van der Waals surface area contributed by atoms with Crippen molar-refractivity contribution in [2.75, 3.05) is 0 Å². The van der Waals surface area contributed by atoms with Gasteiger partial charge in [0.15, 0.2) is 5.43 Å². The lowest BCUT2D eigenvalue weighted by Gasteiger charge is -2.05. The SMILES string of the molecule is O=c1ccp(Cc2ccccc2)c2nc[nH]c(=O)c12. The largest absolute Gasteiger partial charge is 0.312 e. The van der Waals surface area contributed by atoms with Gasteiger partial charge in [0, 0.05) is 6.16 Å². The van der Waals surface area contributed by atoms with Crippen LogP contribution in [0.5, 0.6) is 0 Å². The minimum Gasteiger partial charge on any atom is -0.312 e. The number of aromatic amines is 1. The van der Waals surface area contributed by atoms with Crippen molar-refractivity contribution in [2.24, 2.45) is 0 Å². The molecule has 3 rings (SSSR count). The van der Waals surface area contributed by atoms with Gasteiger partial charge in [-0.3, -0.25) is 9.59 Å². The van der Waals surface area contributed by atoms with Crippen LogP contribution in [0.15, 0.2) is 58.1 Å². The van der Waals surface area contributed by atoms with E-state index >= 15 is 0 Å². The van der Waals surface area contributed by atoms with E-state index in [1.165, 1.54) is 18.0 Å². The number of H-pyrrole nitrogens is 1. The lowest BCUT2D eigenvalue weighted by atomic mass is 10.2. The summed E-state index contributed by atoms with van der Waals surface area (Å²) in [4.78, 5) is 30.2. The number of fused-ring (bicyclic) bond motifs is 1. The first-order valence-corrected chi connectivity index (χ1v) is 7.46. The highest BCUT2D eigenvalue weighted by molar-refractivity contribution is 7.53. The molecule has 1 aromatic carbocycles. The number of rotatable bonds is 2. The van der Waals surface area contributed by atoms with Crippen molar-refractivity contribution in [1.29, 1.82) is 0 Å². The van der Waals surface area contributed by atoms with Gasteiger partial charge in [0.25, 0.3) is 5.56 Å². The molecule has 0 amide bonds. The summed E-state index contributed by atoms with van der Waals surface area (Å²) in [5.41, 5.74) is 0.580. The van der Waals surface area contributed by atoms with Crippen LogP contribution < -0.4 is 11.0 Å². The van der Waals surface area contributed by atoms with Crippen molar-refractivity contribution in [3.8, 4) is 0 Å². The highest BCUT2D eigenvalue weighted by Crippen LogP contribution is 2.35. The molecule has 1 atom stereocenters. The van der Waals surface area contributed by atoms with Gasteiger partial charge in [-0.05, 0) is 17.4 Å². The second-order valence-corrected chi connectivity index (χ2v) is 6.20. The molecule has 1 N–H and O–H groups in total. The van der Waals surface area contributed by atoms with Gasteiger partial charge in [-0.2, -0.15) is 0 Å². The highest BCUT2D eigenvalue weighted by Gasteiger charge is 2.08. The van der Waals surface area contributed by atoms with E-state index in [2.05, 4.69) is 9.97 Å². The van der Waals surface area contributed by atoms with E-state index in [-0.39, 0.29) is 16.4 Å². The molecule has 3 aromatic rings. The molecule has 0 fully saturated rings. The zero-order valence-corrected chi connectivity index (χ0v) is 10.9. The van der Waals surface area contributed by atoms with Crippen molar-refractivity contribution in [2.45, 2.75) is 6.16 Å². The molecule has 2 heterocycles. The van der Waals surface area contributed by atoms with Crippen LogP contribution >= 0.6 is 7.53 Å². The maximum atomic E-state index is 11.8. The molecule has 94 valence electrons. The number of aromatic nitrogens is 2. The molecule has 0 aliphatic heterocycles. The molecule has 0 radical (unpaired) electrons. The second-order valence-electron chi connectivity index (χ2n) is 4.22. The average molecular weight is 270 g/mol.